The van der Waals surface area contributed by atoms with Crippen molar-refractivity contribution in [3.8, 4) is 5.75 Å². The van der Waals surface area contributed by atoms with Gasteiger partial charge >= 0.3 is 18.1 Å². The molecular formula is C22H25F3N2O7S. The molecule has 13 heteroatoms. The van der Waals surface area contributed by atoms with Gasteiger partial charge in [0.2, 0.25) is 5.78 Å². The number of carboxylic acid groups (broad SMARTS) is 1. The molecule has 1 aromatic heterocycles. The molecule has 0 aliphatic rings. The van der Waals surface area contributed by atoms with E-state index in [-0.39, 0.29) is 29.0 Å². The summed E-state index contributed by atoms with van der Waals surface area (Å²) >= 11 is 0.998. The normalized spacial score (nSPS) is 12.7. The van der Waals surface area contributed by atoms with E-state index in [9.17, 15) is 32.7 Å². The van der Waals surface area contributed by atoms with Gasteiger partial charge in [0, 0.05) is 6.54 Å². The number of methoxy groups -OCH3 is 1. The average molecular weight is 519 g/mol. The lowest BCUT2D eigenvalue weighted by atomic mass is 9.92. The summed E-state index contributed by atoms with van der Waals surface area (Å²) in [4.78, 5) is 46.8. The summed E-state index contributed by atoms with van der Waals surface area (Å²) in [5.74, 6) is -4.46. The molecule has 0 radical (unpaired) electrons. The summed E-state index contributed by atoms with van der Waals surface area (Å²) < 4.78 is 36.4. The second-order valence-electron chi connectivity index (χ2n) is 7.73. The highest BCUT2D eigenvalue weighted by Crippen LogP contribution is 2.31. The smallest absolute Gasteiger partial charge is 0.490 e. The molecule has 1 aromatic carbocycles. The van der Waals surface area contributed by atoms with Crippen molar-refractivity contribution in [2.75, 3.05) is 7.11 Å². The zero-order chi connectivity index (χ0) is 27.1. The summed E-state index contributed by atoms with van der Waals surface area (Å²) in [6, 6.07) is 8.21. The van der Waals surface area contributed by atoms with Gasteiger partial charge in [-0.3, -0.25) is 9.59 Å². The number of nitrogens with one attached hydrogen (secondary N) is 1. The highest BCUT2D eigenvalue weighted by atomic mass is 32.1. The van der Waals surface area contributed by atoms with Gasteiger partial charge in [-0.25, -0.2) is 9.59 Å². The Balaban J connectivity index is 0.000000762. The predicted octanol–water partition coefficient (Wildman–Crippen LogP) is 3.21. The number of phenolic OH excluding ortho intramolecular Hbond substituents is 1. The van der Waals surface area contributed by atoms with E-state index >= 15 is 0 Å². The third-order valence-electron chi connectivity index (χ3n) is 4.50. The number of aromatic hydroxyl groups is 1. The van der Waals surface area contributed by atoms with Crippen LogP contribution in [0.25, 0.3) is 0 Å². The topological polar surface area (TPSA) is 156 Å². The fraction of sp³-hybridized carbons (Fsp3) is 0.364. The molecule has 0 saturated carbocycles. The SMILES string of the molecule is COC(=O)C(C)(N)C(=O)c1sc(C(=O)NCc2cccc(O)c2)cc1C(C)C.O=C(O)C(F)(F)F. The van der Waals surface area contributed by atoms with E-state index in [4.69, 9.17) is 15.6 Å². The Kier molecular flexibility index (Phi) is 9.97. The monoisotopic (exact) mass is 518 g/mol. The van der Waals surface area contributed by atoms with Crippen molar-refractivity contribution in [3.63, 3.8) is 0 Å². The minimum atomic E-state index is -5.08. The van der Waals surface area contributed by atoms with Crippen LogP contribution in [0.15, 0.2) is 30.3 Å². The molecule has 0 aliphatic carbocycles. The Labute approximate surface area is 202 Å². The number of thiophene rings is 1. The van der Waals surface area contributed by atoms with Crippen molar-refractivity contribution in [1.29, 1.82) is 0 Å². The number of amides is 1. The molecule has 1 unspecified atom stereocenters. The van der Waals surface area contributed by atoms with Crippen molar-refractivity contribution in [3.05, 3.63) is 51.2 Å². The van der Waals surface area contributed by atoms with Crippen LogP contribution in [0.3, 0.4) is 0 Å². The first-order valence-electron chi connectivity index (χ1n) is 9.94. The number of benzene rings is 1. The molecule has 5 N–H and O–H groups in total. The number of carboxylic acids is 1. The third kappa shape index (κ3) is 8.07. The van der Waals surface area contributed by atoms with E-state index in [2.05, 4.69) is 10.1 Å². The molecule has 0 aliphatic heterocycles. The number of hydrogen-bond acceptors (Lipinski definition) is 8. The van der Waals surface area contributed by atoms with Crippen LogP contribution in [-0.2, 0) is 20.9 Å². The van der Waals surface area contributed by atoms with Gasteiger partial charge in [-0.05, 0) is 42.2 Å². The molecule has 1 amide bonds. The zero-order valence-corrected chi connectivity index (χ0v) is 20.0. The first kappa shape index (κ1) is 29.6. The van der Waals surface area contributed by atoms with Gasteiger partial charge in [-0.15, -0.1) is 11.3 Å². The molecule has 2 aromatic rings. The number of phenols is 1. The van der Waals surface area contributed by atoms with E-state index in [1.807, 2.05) is 13.8 Å². The first-order valence-corrected chi connectivity index (χ1v) is 10.8. The van der Waals surface area contributed by atoms with Gasteiger partial charge in [-0.1, -0.05) is 26.0 Å². The highest BCUT2D eigenvalue weighted by Gasteiger charge is 2.41. The summed E-state index contributed by atoms with van der Waals surface area (Å²) in [6.07, 6.45) is -5.08. The van der Waals surface area contributed by atoms with Gasteiger partial charge in [0.1, 0.15) is 5.75 Å². The molecule has 2 rings (SSSR count). The van der Waals surface area contributed by atoms with Crippen LogP contribution in [0.5, 0.6) is 5.75 Å². The van der Waals surface area contributed by atoms with Crippen molar-refractivity contribution in [2.45, 2.75) is 44.9 Å². The van der Waals surface area contributed by atoms with E-state index in [1.165, 1.54) is 14.0 Å². The largest absolute Gasteiger partial charge is 0.508 e. The molecule has 9 nitrogen and oxygen atoms in total. The second kappa shape index (κ2) is 11.8. The van der Waals surface area contributed by atoms with Crippen LogP contribution in [0.2, 0.25) is 0 Å². The molecule has 0 bridgehead atoms. The van der Waals surface area contributed by atoms with Gasteiger partial charge < -0.3 is 26.0 Å². The molecule has 0 saturated heterocycles. The number of halogens is 3. The summed E-state index contributed by atoms with van der Waals surface area (Å²) in [7, 11) is 1.17. The number of esters is 1. The standard InChI is InChI=1S/C20H24N2O5S.C2HF3O2/c1-11(2)14-9-15(18(25)22-10-12-6-5-7-13(23)8-12)28-16(14)17(24)20(3,21)19(26)27-4;3-2(4,5)1(6)7/h5-9,11,23H,10,21H2,1-4H3,(H,22,25);(H,6,7). The maximum absolute atomic E-state index is 12.9. The number of carbonyl (C=O) groups excluding carboxylic acids is 3. The van der Waals surface area contributed by atoms with E-state index in [1.54, 1.807) is 30.3 Å². The minimum absolute atomic E-state index is 0.0451. The van der Waals surface area contributed by atoms with Crippen molar-refractivity contribution in [1.82, 2.24) is 5.32 Å². The van der Waals surface area contributed by atoms with Crippen LogP contribution < -0.4 is 11.1 Å². The molecule has 192 valence electrons. The number of carbonyl (C=O) groups is 4. The maximum atomic E-state index is 12.9. The van der Waals surface area contributed by atoms with Gasteiger partial charge in [0.25, 0.3) is 5.91 Å². The van der Waals surface area contributed by atoms with E-state index < -0.39 is 29.4 Å². The van der Waals surface area contributed by atoms with Gasteiger partial charge in [-0.2, -0.15) is 13.2 Å². The number of rotatable bonds is 7. The van der Waals surface area contributed by atoms with Gasteiger partial charge in [0.15, 0.2) is 5.54 Å². The fourth-order valence-electron chi connectivity index (χ4n) is 2.60. The van der Waals surface area contributed by atoms with E-state index in [0.29, 0.717) is 10.4 Å². The highest BCUT2D eigenvalue weighted by molar-refractivity contribution is 7.16. The summed E-state index contributed by atoms with van der Waals surface area (Å²) in [6.45, 7) is 5.30. The third-order valence-corrected chi connectivity index (χ3v) is 5.65. The lowest BCUT2D eigenvalue weighted by Gasteiger charge is -2.20. The zero-order valence-electron chi connectivity index (χ0n) is 19.2. The fourth-order valence-corrected chi connectivity index (χ4v) is 3.89. The Morgan fingerprint density at radius 2 is 1.74 bits per heavy atom. The van der Waals surface area contributed by atoms with Crippen LogP contribution in [0, 0.1) is 0 Å². The van der Waals surface area contributed by atoms with Crippen LogP contribution >= 0.6 is 11.3 Å². The van der Waals surface area contributed by atoms with Crippen molar-refractivity contribution >= 4 is 35.0 Å². The molecule has 1 atom stereocenters. The Bertz CT molecular complexity index is 1090. The van der Waals surface area contributed by atoms with Crippen molar-refractivity contribution in [2.24, 2.45) is 5.73 Å². The molecule has 0 spiro atoms. The lowest BCUT2D eigenvalue weighted by molar-refractivity contribution is -0.192. The number of nitrogens with two attached hydrogens (primary N) is 1. The Morgan fingerprint density at radius 1 is 1.17 bits per heavy atom. The number of Topliss-reactive ketones (excluding diaryl/α,β-unsaturated/α-hetero) is 1. The van der Waals surface area contributed by atoms with Gasteiger partial charge in [0.05, 0.1) is 16.9 Å². The number of aliphatic carboxylic acids is 1. The Hall–Kier alpha value is -3.45. The maximum Gasteiger partial charge on any atom is 0.490 e. The number of ketones is 1. The average Bonchev–Trinajstić information content (AvgIpc) is 3.22. The minimum Gasteiger partial charge on any atom is -0.508 e. The Morgan fingerprint density at radius 3 is 2.20 bits per heavy atom. The van der Waals surface area contributed by atoms with Crippen LogP contribution in [-0.4, -0.2) is 52.7 Å². The molecule has 1 heterocycles. The lowest BCUT2D eigenvalue weighted by Crippen LogP contribution is -2.52. The van der Waals surface area contributed by atoms with Crippen molar-refractivity contribution < 1.29 is 47.3 Å². The molecule has 35 heavy (non-hydrogen) atoms. The predicted molar refractivity (Wildman–Crippen MR) is 120 cm³/mol. The summed E-state index contributed by atoms with van der Waals surface area (Å²) in [5, 5.41) is 19.4. The van der Waals surface area contributed by atoms with Crippen LogP contribution in [0.1, 0.15) is 57.2 Å². The number of hydrogen-bond donors (Lipinski definition) is 4. The summed E-state index contributed by atoms with van der Waals surface area (Å²) in [5.41, 5.74) is 5.47. The molecular weight excluding hydrogens is 493 g/mol. The first-order chi connectivity index (χ1) is 16.0. The van der Waals surface area contributed by atoms with Crippen LogP contribution in [0.4, 0.5) is 13.2 Å². The number of alkyl halides is 3. The quantitative estimate of drug-likeness (QED) is 0.247. The molecule has 0 fully saturated rings. The second-order valence-corrected chi connectivity index (χ2v) is 8.78. The number of ether oxygens (including phenoxy) is 1. The van der Waals surface area contributed by atoms with E-state index in [0.717, 1.165) is 16.9 Å².